The monoisotopic (exact) mass is 387 g/mol. The van der Waals surface area contributed by atoms with Crippen molar-refractivity contribution in [1.82, 2.24) is 5.32 Å². The van der Waals surface area contributed by atoms with Gasteiger partial charge in [-0.25, -0.2) is 4.79 Å². The smallest absolute Gasteiger partial charge is 0.338 e. The van der Waals surface area contributed by atoms with Gasteiger partial charge in [-0.05, 0) is 79.5 Å². The number of carbonyl (C=O) groups is 1. The maximum atomic E-state index is 11.8. The number of rotatable bonds is 4. The highest BCUT2D eigenvalue weighted by Gasteiger charge is 2.36. The zero-order valence-corrected chi connectivity index (χ0v) is 17.5. The Balaban J connectivity index is 1.63. The SMILES string of the molecule is CCOC(=O)c1ccc(C#Cc2cccc3c2C(C)(C)CCC3NC2CC2)cc1. The second kappa shape index (κ2) is 8.05. The number of esters is 1. The Bertz CT molecular complexity index is 958. The summed E-state index contributed by atoms with van der Waals surface area (Å²) in [5.41, 5.74) is 5.50. The number of ether oxygens (including phenoxy) is 1. The minimum atomic E-state index is -0.292. The Morgan fingerprint density at radius 3 is 2.55 bits per heavy atom. The van der Waals surface area contributed by atoms with Crippen LogP contribution in [0.1, 0.15) is 85.1 Å². The minimum absolute atomic E-state index is 0.121. The molecule has 0 saturated heterocycles. The zero-order valence-electron chi connectivity index (χ0n) is 17.5. The Hall–Kier alpha value is -2.57. The number of nitrogens with one attached hydrogen (secondary N) is 1. The summed E-state index contributed by atoms with van der Waals surface area (Å²) in [6.45, 7) is 6.85. The molecular weight excluding hydrogens is 358 g/mol. The summed E-state index contributed by atoms with van der Waals surface area (Å²) in [6, 6.07) is 15.0. The first kappa shape index (κ1) is 19.7. The van der Waals surface area contributed by atoms with E-state index in [2.05, 4.69) is 49.2 Å². The molecule has 1 saturated carbocycles. The lowest BCUT2D eigenvalue weighted by molar-refractivity contribution is 0.0526. The van der Waals surface area contributed by atoms with Crippen LogP contribution in [0.3, 0.4) is 0 Å². The molecule has 0 spiro atoms. The van der Waals surface area contributed by atoms with Crippen LogP contribution >= 0.6 is 0 Å². The number of carbonyl (C=O) groups excluding carboxylic acids is 1. The second-order valence-corrected chi connectivity index (χ2v) is 8.73. The van der Waals surface area contributed by atoms with Crippen LogP contribution in [0.2, 0.25) is 0 Å². The minimum Gasteiger partial charge on any atom is -0.462 e. The summed E-state index contributed by atoms with van der Waals surface area (Å²) in [7, 11) is 0. The van der Waals surface area contributed by atoms with Gasteiger partial charge in [0.05, 0.1) is 12.2 Å². The maximum Gasteiger partial charge on any atom is 0.338 e. The molecule has 0 aliphatic heterocycles. The van der Waals surface area contributed by atoms with E-state index in [0.717, 1.165) is 17.5 Å². The van der Waals surface area contributed by atoms with Gasteiger partial charge in [-0.15, -0.1) is 0 Å². The van der Waals surface area contributed by atoms with Gasteiger partial charge in [0.1, 0.15) is 0 Å². The average molecular weight is 388 g/mol. The molecule has 2 aromatic rings. The lowest BCUT2D eigenvalue weighted by Crippen LogP contribution is -2.34. The topological polar surface area (TPSA) is 38.3 Å². The molecule has 4 rings (SSSR count). The highest BCUT2D eigenvalue weighted by molar-refractivity contribution is 5.89. The van der Waals surface area contributed by atoms with Crippen LogP contribution < -0.4 is 5.32 Å². The van der Waals surface area contributed by atoms with Gasteiger partial charge in [-0.3, -0.25) is 0 Å². The van der Waals surface area contributed by atoms with E-state index in [1.807, 2.05) is 19.1 Å². The first-order chi connectivity index (χ1) is 14.0. The fourth-order valence-electron chi connectivity index (χ4n) is 4.26. The number of benzene rings is 2. The van der Waals surface area contributed by atoms with Crippen molar-refractivity contribution in [3.8, 4) is 11.8 Å². The molecule has 1 N–H and O–H groups in total. The molecule has 2 aromatic carbocycles. The number of hydrogen-bond acceptors (Lipinski definition) is 3. The molecular formula is C26H29NO2. The van der Waals surface area contributed by atoms with Crippen molar-refractivity contribution >= 4 is 5.97 Å². The van der Waals surface area contributed by atoms with Crippen molar-refractivity contribution in [3.63, 3.8) is 0 Å². The Morgan fingerprint density at radius 2 is 1.86 bits per heavy atom. The third-order valence-corrected chi connectivity index (χ3v) is 5.96. The van der Waals surface area contributed by atoms with E-state index in [4.69, 9.17) is 4.74 Å². The highest BCUT2D eigenvalue weighted by atomic mass is 16.5. The predicted molar refractivity (Wildman–Crippen MR) is 116 cm³/mol. The van der Waals surface area contributed by atoms with Crippen molar-refractivity contribution in [2.45, 2.75) is 64.0 Å². The third kappa shape index (κ3) is 4.38. The molecule has 0 aromatic heterocycles. The van der Waals surface area contributed by atoms with Crippen molar-refractivity contribution in [2.75, 3.05) is 6.61 Å². The molecule has 3 heteroatoms. The summed E-state index contributed by atoms with van der Waals surface area (Å²) in [5, 5.41) is 3.82. The molecule has 0 heterocycles. The summed E-state index contributed by atoms with van der Waals surface area (Å²) in [4.78, 5) is 11.8. The van der Waals surface area contributed by atoms with E-state index in [-0.39, 0.29) is 11.4 Å². The summed E-state index contributed by atoms with van der Waals surface area (Å²) in [5.74, 6) is 6.41. The van der Waals surface area contributed by atoms with E-state index >= 15 is 0 Å². The van der Waals surface area contributed by atoms with Crippen LogP contribution in [-0.2, 0) is 10.2 Å². The Labute approximate surface area is 173 Å². The van der Waals surface area contributed by atoms with E-state index < -0.39 is 0 Å². The van der Waals surface area contributed by atoms with Crippen LogP contribution in [0.25, 0.3) is 0 Å². The highest BCUT2D eigenvalue weighted by Crippen LogP contribution is 2.44. The van der Waals surface area contributed by atoms with Crippen molar-refractivity contribution in [3.05, 3.63) is 70.3 Å². The quantitative estimate of drug-likeness (QED) is 0.584. The van der Waals surface area contributed by atoms with Gasteiger partial charge in [-0.1, -0.05) is 37.8 Å². The van der Waals surface area contributed by atoms with Gasteiger partial charge in [0, 0.05) is 23.2 Å². The summed E-state index contributed by atoms with van der Waals surface area (Å²) >= 11 is 0. The fourth-order valence-corrected chi connectivity index (χ4v) is 4.26. The van der Waals surface area contributed by atoms with Crippen LogP contribution in [0.5, 0.6) is 0 Å². The third-order valence-electron chi connectivity index (χ3n) is 5.96. The normalized spacial score (nSPS) is 19.6. The standard InChI is InChI=1S/C26H29NO2/c1-4-29-25(28)20-12-9-18(10-13-20)8-11-19-6-5-7-22-23(27-21-14-15-21)16-17-26(2,3)24(19)22/h5-7,9-10,12-13,21,23,27H,4,14-17H2,1-3H3. The van der Waals surface area contributed by atoms with Crippen LogP contribution in [0, 0.1) is 11.8 Å². The van der Waals surface area contributed by atoms with Crippen LogP contribution in [0.15, 0.2) is 42.5 Å². The molecule has 0 radical (unpaired) electrons. The molecule has 0 bridgehead atoms. The van der Waals surface area contributed by atoms with Gasteiger partial charge in [-0.2, -0.15) is 0 Å². The Morgan fingerprint density at radius 1 is 1.10 bits per heavy atom. The van der Waals surface area contributed by atoms with Gasteiger partial charge in [0.2, 0.25) is 0 Å². The van der Waals surface area contributed by atoms with Gasteiger partial charge < -0.3 is 10.1 Å². The van der Waals surface area contributed by atoms with Crippen LogP contribution in [-0.4, -0.2) is 18.6 Å². The number of hydrogen-bond donors (Lipinski definition) is 1. The van der Waals surface area contributed by atoms with E-state index in [1.165, 1.54) is 30.4 Å². The van der Waals surface area contributed by atoms with Gasteiger partial charge >= 0.3 is 5.97 Å². The molecule has 2 aliphatic carbocycles. The lowest BCUT2D eigenvalue weighted by atomic mass is 9.69. The zero-order chi connectivity index (χ0) is 20.4. The Kier molecular flexibility index (Phi) is 5.48. The molecule has 150 valence electrons. The lowest BCUT2D eigenvalue weighted by Gasteiger charge is -2.38. The van der Waals surface area contributed by atoms with Crippen LogP contribution in [0.4, 0.5) is 0 Å². The number of fused-ring (bicyclic) bond motifs is 1. The van der Waals surface area contributed by atoms with Gasteiger partial charge in [0.15, 0.2) is 0 Å². The van der Waals surface area contributed by atoms with Gasteiger partial charge in [0.25, 0.3) is 0 Å². The van der Waals surface area contributed by atoms with E-state index in [1.54, 1.807) is 12.1 Å². The largest absolute Gasteiger partial charge is 0.462 e. The first-order valence-electron chi connectivity index (χ1n) is 10.7. The van der Waals surface area contributed by atoms with Crippen molar-refractivity contribution < 1.29 is 9.53 Å². The average Bonchev–Trinajstić information content (AvgIpc) is 3.53. The fraction of sp³-hybridized carbons (Fsp3) is 0.423. The first-order valence-corrected chi connectivity index (χ1v) is 10.7. The van der Waals surface area contributed by atoms with Crippen molar-refractivity contribution in [1.29, 1.82) is 0 Å². The molecule has 29 heavy (non-hydrogen) atoms. The summed E-state index contributed by atoms with van der Waals surface area (Å²) < 4.78 is 5.04. The summed E-state index contributed by atoms with van der Waals surface area (Å²) in [6.07, 6.45) is 4.95. The molecule has 0 amide bonds. The molecule has 1 fully saturated rings. The predicted octanol–water partition coefficient (Wildman–Crippen LogP) is 5.13. The maximum absolute atomic E-state index is 11.8. The molecule has 2 aliphatic rings. The molecule has 1 atom stereocenters. The van der Waals surface area contributed by atoms with E-state index in [0.29, 0.717) is 24.3 Å². The molecule has 3 nitrogen and oxygen atoms in total. The van der Waals surface area contributed by atoms with E-state index in [9.17, 15) is 4.79 Å². The molecule has 1 unspecified atom stereocenters. The van der Waals surface area contributed by atoms with Crippen molar-refractivity contribution in [2.24, 2.45) is 0 Å². The second-order valence-electron chi connectivity index (χ2n) is 8.73.